The molecule has 0 amide bonds. The molecule has 3 nitrogen and oxygen atoms in total. The minimum atomic E-state index is 0.427. The highest BCUT2D eigenvalue weighted by Gasteiger charge is 1.92. The number of anilines is 1. The summed E-state index contributed by atoms with van der Waals surface area (Å²) in [6.07, 6.45) is 1.68. The van der Waals surface area contributed by atoms with Crippen molar-refractivity contribution in [2.24, 2.45) is 5.10 Å². The van der Waals surface area contributed by atoms with E-state index >= 15 is 0 Å². The van der Waals surface area contributed by atoms with Crippen molar-refractivity contribution in [1.29, 1.82) is 0 Å². The van der Waals surface area contributed by atoms with Gasteiger partial charge in [0.05, 0.1) is 6.21 Å². The Balaban J connectivity index is 2.00. The number of pyridine rings is 1. The smallest absolute Gasteiger partial charge is 0.147 e. The fourth-order valence-corrected chi connectivity index (χ4v) is 1.48. The van der Waals surface area contributed by atoms with E-state index in [1.54, 1.807) is 36.5 Å². The molecule has 1 N–H and O–H groups in total. The average Bonchev–Trinajstić information content (AvgIpc) is 2.32. The molecule has 0 atom stereocenters. The van der Waals surface area contributed by atoms with E-state index in [1.807, 2.05) is 12.1 Å². The van der Waals surface area contributed by atoms with Crippen molar-refractivity contribution in [2.75, 3.05) is 5.43 Å². The van der Waals surface area contributed by atoms with E-state index in [4.69, 9.17) is 23.2 Å². The summed E-state index contributed by atoms with van der Waals surface area (Å²) in [6.45, 7) is 0. The Morgan fingerprint density at radius 2 is 1.82 bits per heavy atom. The van der Waals surface area contributed by atoms with E-state index in [1.165, 1.54) is 0 Å². The number of nitrogens with one attached hydrogen (secondary N) is 1. The van der Waals surface area contributed by atoms with Crippen LogP contribution >= 0.6 is 23.2 Å². The normalized spacial score (nSPS) is 10.7. The zero-order valence-corrected chi connectivity index (χ0v) is 10.3. The Labute approximate surface area is 109 Å². The zero-order valence-electron chi connectivity index (χ0n) is 8.77. The van der Waals surface area contributed by atoms with Crippen LogP contribution in [0.3, 0.4) is 0 Å². The molecule has 2 aromatic rings. The van der Waals surface area contributed by atoms with E-state index < -0.39 is 0 Å². The topological polar surface area (TPSA) is 37.3 Å². The number of aromatic nitrogens is 1. The monoisotopic (exact) mass is 265 g/mol. The van der Waals surface area contributed by atoms with Crippen LogP contribution in [0.1, 0.15) is 5.56 Å². The average molecular weight is 266 g/mol. The summed E-state index contributed by atoms with van der Waals surface area (Å²) < 4.78 is 0. The largest absolute Gasteiger partial charge is 0.261 e. The van der Waals surface area contributed by atoms with Crippen LogP contribution in [-0.4, -0.2) is 11.2 Å². The molecule has 0 aliphatic heterocycles. The summed E-state index contributed by atoms with van der Waals surface area (Å²) in [5.74, 6) is 0.600. The van der Waals surface area contributed by atoms with Crippen molar-refractivity contribution < 1.29 is 0 Å². The van der Waals surface area contributed by atoms with Crippen molar-refractivity contribution in [1.82, 2.24) is 4.98 Å². The van der Waals surface area contributed by atoms with Gasteiger partial charge in [0.1, 0.15) is 11.0 Å². The van der Waals surface area contributed by atoms with Gasteiger partial charge >= 0.3 is 0 Å². The summed E-state index contributed by atoms with van der Waals surface area (Å²) in [4.78, 5) is 4.04. The van der Waals surface area contributed by atoms with E-state index in [2.05, 4.69) is 15.5 Å². The summed E-state index contributed by atoms with van der Waals surface area (Å²) in [6, 6.07) is 12.6. The molecule has 0 saturated heterocycles. The molecule has 0 spiro atoms. The Bertz CT molecular complexity index is 524. The maximum absolute atomic E-state index is 5.77. The van der Waals surface area contributed by atoms with Crippen molar-refractivity contribution in [3.05, 3.63) is 58.2 Å². The third kappa shape index (κ3) is 3.73. The number of rotatable bonds is 3. The van der Waals surface area contributed by atoms with Gasteiger partial charge in [-0.1, -0.05) is 41.4 Å². The molecular weight excluding hydrogens is 257 g/mol. The minimum absolute atomic E-state index is 0.427. The first-order chi connectivity index (χ1) is 8.24. The minimum Gasteiger partial charge on any atom is -0.261 e. The number of hydrazone groups is 1. The molecule has 17 heavy (non-hydrogen) atoms. The second kappa shape index (κ2) is 5.66. The molecule has 0 saturated carbocycles. The van der Waals surface area contributed by atoms with Crippen molar-refractivity contribution >= 4 is 35.2 Å². The zero-order chi connectivity index (χ0) is 12.1. The van der Waals surface area contributed by atoms with E-state index in [0.29, 0.717) is 16.0 Å². The van der Waals surface area contributed by atoms with Crippen LogP contribution in [0.2, 0.25) is 10.2 Å². The van der Waals surface area contributed by atoms with Crippen LogP contribution in [0.5, 0.6) is 0 Å². The Morgan fingerprint density at radius 3 is 2.53 bits per heavy atom. The summed E-state index contributed by atoms with van der Waals surface area (Å²) in [7, 11) is 0. The molecule has 1 aromatic heterocycles. The van der Waals surface area contributed by atoms with Gasteiger partial charge in [-0.05, 0) is 29.8 Å². The van der Waals surface area contributed by atoms with Crippen LogP contribution in [0.25, 0.3) is 0 Å². The first-order valence-corrected chi connectivity index (χ1v) is 5.67. The third-order valence-corrected chi connectivity index (χ3v) is 2.44. The van der Waals surface area contributed by atoms with Crippen molar-refractivity contribution in [2.45, 2.75) is 0 Å². The van der Waals surface area contributed by atoms with Gasteiger partial charge in [0.25, 0.3) is 0 Å². The lowest BCUT2D eigenvalue weighted by atomic mass is 10.2. The lowest BCUT2D eigenvalue weighted by Crippen LogP contribution is -1.93. The molecule has 2 rings (SSSR count). The quantitative estimate of drug-likeness (QED) is 0.520. The number of halogens is 2. The fraction of sp³-hybridized carbons (Fsp3) is 0. The molecule has 1 heterocycles. The van der Waals surface area contributed by atoms with Crippen LogP contribution in [0, 0.1) is 0 Å². The second-order valence-electron chi connectivity index (χ2n) is 3.27. The number of nitrogens with zero attached hydrogens (tertiary/aromatic N) is 2. The van der Waals surface area contributed by atoms with Gasteiger partial charge in [-0.2, -0.15) is 5.10 Å². The molecule has 5 heteroatoms. The Hall–Kier alpha value is -1.58. The predicted octanol–water partition coefficient (Wildman–Crippen LogP) is 3.83. The SMILES string of the molecule is Clc1ccc(/C=N\Nc2cccc(Cl)n2)cc1. The standard InChI is InChI=1S/C12H9Cl2N3/c13-10-6-4-9(5-7-10)8-15-17-12-3-1-2-11(14)16-12/h1-8H,(H,16,17)/b15-8-. The van der Waals surface area contributed by atoms with Crippen LogP contribution in [-0.2, 0) is 0 Å². The first kappa shape index (κ1) is 11.9. The van der Waals surface area contributed by atoms with E-state index in [0.717, 1.165) is 5.56 Å². The van der Waals surface area contributed by atoms with E-state index in [-0.39, 0.29) is 0 Å². The van der Waals surface area contributed by atoms with Gasteiger partial charge in [0, 0.05) is 5.02 Å². The Morgan fingerprint density at radius 1 is 1.06 bits per heavy atom. The molecule has 0 bridgehead atoms. The lowest BCUT2D eigenvalue weighted by Gasteiger charge is -1.98. The summed E-state index contributed by atoms with van der Waals surface area (Å²) >= 11 is 11.5. The van der Waals surface area contributed by atoms with Gasteiger partial charge in [0.2, 0.25) is 0 Å². The molecule has 86 valence electrons. The molecule has 0 fully saturated rings. The van der Waals surface area contributed by atoms with Crippen LogP contribution < -0.4 is 5.43 Å². The summed E-state index contributed by atoms with van der Waals surface area (Å²) in [5.41, 5.74) is 3.74. The fourth-order valence-electron chi connectivity index (χ4n) is 1.19. The van der Waals surface area contributed by atoms with Crippen LogP contribution in [0.4, 0.5) is 5.82 Å². The first-order valence-electron chi connectivity index (χ1n) is 4.91. The molecule has 1 aromatic carbocycles. The molecule has 0 aliphatic rings. The Kier molecular flexibility index (Phi) is 3.96. The molecule has 0 aliphatic carbocycles. The molecular formula is C12H9Cl2N3. The second-order valence-corrected chi connectivity index (χ2v) is 4.09. The van der Waals surface area contributed by atoms with Gasteiger partial charge in [-0.3, -0.25) is 5.43 Å². The molecule has 0 unspecified atom stereocenters. The third-order valence-electron chi connectivity index (χ3n) is 1.98. The van der Waals surface area contributed by atoms with Crippen molar-refractivity contribution in [3.63, 3.8) is 0 Å². The van der Waals surface area contributed by atoms with Crippen molar-refractivity contribution in [3.8, 4) is 0 Å². The van der Waals surface area contributed by atoms with E-state index in [9.17, 15) is 0 Å². The molecule has 0 radical (unpaired) electrons. The number of hydrogen-bond donors (Lipinski definition) is 1. The maximum atomic E-state index is 5.77. The predicted molar refractivity (Wildman–Crippen MR) is 71.9 cm³/mol. The van der Waals surface area contributed by atoms with Gasteiger partial charge in [0.15, 0.2) is 0 Å². The van der Waals surface area contributed by atoms with Crippen LogP contribution in [0.15, 0.2) is 47.6 Å². The number of hydrogen-bond acceptors (Lipinski definition) is 3. The lowest BCUT2D eigenvalue weighted by molar-refractivity contribution is 1.23. The highest BCUT2D eigenvalue weighted by Crippen LogP contribution is 2.10. The number of benzene rings is 1. The highest BCUT2D eigenvalue weighted by molar-refractivity contribution is 6.30. The highest BCUT2D eigenvalue weighted by atomic mass is 35.5. The van der Waals surface area contributed by atoms with Gasteiger partial charge in [-0.25, -0.2) is 4.98 Å². The van der Waals surface area contributed by atoms with Gasteiger partial charge < -0.3 is 0 Å². The van der Waals surface area contributed by atoms with Gasteiger partial charge in [-0.15, -0.1) is 0 Å². The maximum Gasteiger partial charge on any atom is 0.147 e. The summed E-state index contributed by atoms with van der Waals surface area (Å²) in [5, 5.41) is 5.17.